The summed E-state index contributed by atoms with van der Waals surface area (Å²) in [6.45, 7) is 1.25. The van der Waals surface area contributed by atoms with Crippen molar-refractivity contribution < 1.29 is 17.7 Å². The van der Waals surface area contributed by atoms with Gasteiger partial charge in [-0.25, -0.2) is 12.8 Å². The van der Waals surface area contributed by atoms with Crippen LogP contribution in [0.15, 0.2) is 47.4 Å². The molecule has 0 saturated carbocycles. The van der Waals surface area contributed by atoms with Gasteiger partial charge in [0.05, 0.1) is 10.6 Å². The number of halogens is 3. The van der Waals surface area contributed by atoms with E-state index < -0.39 is 26.8 Å². The minimum Gasteiger partial charge on any atom is -0.265 e. The molecule has 6 nitrogen and oxygen atoms in total. The molecule has 1 atom stereocenters. The van der Waals surface area contributed by atoms with Crippen molar-refractivity contribution in [3.63, 3.8) is 0 Å². The lowest BCUT2D eigenvalue weighted by molar-refractivity contribution is -0.480. The van der Waals surface area contributed by atoms with Crippen LogP contribution in [0.2, 0.25) is 10.0 Å². The molecule has 0 aliphatic carbocycles. The molecule has 0 N–H and O–H groups in total. The van der Waals surface area contributed by atoms with Crippen LogP contribution in [-0.2, 0) is 10.0 Å². The fourth-order valence-electron chi connectivity index (χ4n) is 2.61. The van der Waals surface area contributed by atoms with Crippen molar-refractivity contribution in [3.8, 4) is 0 Å². The van der Waals surface area contributed by atoms with E-state index in [2.05, 4.69) is 0 Å². The van der Waals surface area contributed by atoms with E-state index in [1.807, 2.05) is 0 Å². The van der Waals surface area contributed by atoms with E-state index in [4.69, 9.17) is 23.2 Å². The molecule has 0 amide bonds. The maximum absolute atomic E-state index is 14.4. The van der Waals surface area contributed by atoms with Crippen molar-refractivity contribution in [1.82, 2.24) is 0 Å². The summed E-state index contributed by atoms with van der Waals surface area (Å²) in [5, 5.41) is 11.1. The minimum absolute atomic E-state index is 0.0765. The van der Waals surface area contributed by atoms with Crippen LogP contribution < -0.4 is 4.31 Å². The van der Waals surface area contributed by atoms with E-state index >= 15 is 0 Å². The molecule has 146 valence electrons. The Morgan fingerprint density at radius 1 is 1.15 bits per heavy atom. The van der Waals surface area contributed by atoms with Gasteiger partial charge in [0.1, 0.15) is 5.82 Å². The van der Waals surface area contributed by atoms with Gasteiger partial charge in [-0.1, -0.05) is 23.2 Å². The molecule has 0 heterocycles. The molecular weight excluding hydrogens is 418 g/mol. The van der Waals surface area contributed by atoms with Crippen LogP contribution in [0.25, 0.3) is 0 Å². The highest BCUT2D eigenvalue weighted by molar-refractivity contribution is 7.92. The van der Waals surface area contributed by atoms with Crippen LogP contribution in [0, 0.1) is 15.9 Å². The Morgan fingerprint density at radius 2 is 1.74 bits per heavy atom. The third-order valence-corrected chi connectivity index (χ3v) is 6.31. The Balaban J connectivity index is 2.50. The molecule has 2 rings (SSSR count). The van der Waals surface area contributed by atoms with Gasteiger partial charge in [-0.15, -0.1) is 0 Å². The lowest BCUT2D eigenvalue weighted by Crippen LogP contribution is -2.39. The molecule has 0 aliphatic heterocycles. The number of benzene rings is 2. The first-order valence-electron chi connectivity index (χ1n) is 8.00. The summed E-state index contributed by atoms with van der Waals surface area (Å²) >= 11 is 11.7. The van der Waals surface area contributed by atoms with Gasteiger partial charge in [-0.2, -0.15) is 0 Å². The van der Waals surface area contributed by atoms with E-state index in [9.17, 15) is 22.9 Å². The van der Waals surface area contributed by atoms with Crippen LogP contribution in [0.4, 0.5) is 10.1 Å². The van der Waals surface area contributed by atoms with Crippen LogP contribution in [0.5, 0.6) is 0 Å². The lowest BCUT2D eigenvalue weighted by Gasteiger charge is -2.31. The quantitative estimate of drug-likeness (QED) is 0.442. The largest absolute Gasteiger partial charge is 0.265 e. The minimum atomic E-state index is -4.15. The maximum atomic E-state index is 14.4. The number of nitrogens with zero attached hydrogens (tertiary/aromatic N) is 2. The van der Waals surface area contributed by atoms with E-state index in [1.165, 1.54) is 36.4 Å². The molecule has 0 spiro atoms. The van der Waals surface area contributed by atoms with Gasteiger partial charge in [-0.05, 0) is 55.8 Å². The summed E-state index contributed by atoms with van der Waals surface area (Å²) in [5.74, 6) is -0.766. The highest BCUT2D eigenvalue weighted by atomic mass is 35.5. The van der Waals surface area contributed by atoms with Crippen LogP contribution in [0.3, 0.4) is 0 Å². The Hall–Kier alpha value is -1.90. The second kappa shape index (κ2) is 8.86. The van der Waals surface area contributed by atoms with Crippen molar-refractivity contribution in [2.45, 2.75) is 30.7 Å². The average molecular weight is 435 g/mol. The Labute approximate surface area is 166 Å². The molecule has 27 heavy (non-hydrogen) atoms. The average Bonchev–Trinajstić information content (AvgIpc) is 2.58. The molecule has 1 unspecified atom stereocenters. The Kier molecular flexibility index (Phi) is 7.02. The molecule has 0 aliphatic rings. The highest BCUT2D eigenvalue weighted by Crippen LogP contribution is 2.32. The van der Waals surface area contributed by atoms with Crippen molar-refractivity contribution in [2.24, 2.45) is 0 Å². The first-order chi connectivity index (χ1) is 12.6. The van der Waals surface area contributed by atoms with E-state index in [1.54, 1.807) is 6.92 Å². The van der Waals surface area contributed by atoms with E-state index in [-0.39, 0.29) is 35.0 Å². The first-order valence-corrected chi connectivity index (χ1v) is 10.2. The second-order valence-electron chi connectivity index (χ2n) is 5.90. The number of nitro groups is 1. The lowest BCUT2D eigenvalue weighted by atomic mass is 10.1. The standard InChI is InChI=1S/C17H17Cl2FN2O4S/c1-12(3-2-10-21(23)24)22(17-11-14(19)6-9-16(17)20)27(25,26)15-7-4-13(18)5-8-15/h4-9,11-12H,2-3,10H2,1H3. The SMILES string of the molecule is CC(CCC[N+](=O)[O-])N(c1cc(Cl)ccc1F)S(=O)(=O)c1ccc(Cl)cc1. The van der Waals surface area contributed by atoms with Gasteiger partial charge in [0, 0.05) is 27.4 Å². The molecule has 0 aromatic heterocycles. The fraction of sp³-hybridized carbons (Fsp3) is 0.294. The fourth-order valence-corrected chi connectivity index (χ4v) is 4.59. The molecular formula is C17H17Cl2FN2O4S. The number of anilines is 1. The van der Waals surface area contributed by atoms with Crippen LogP contribution in [0.1, 0.15) is 19.8 Å². The zero-order valence-corrected chi connectivity index (χ0v) is 16.6. The summed E-state index contributed by atoms with van der Waals surface area (Å²) < 4.78 is 41.7. The van der Waals surface area contributed by atoms with Crippen molar-refractivity contribution in [3.05, 3.63) is 68.4 Å². The summed E-state index contributed by atoms with van der Waals surface area (Å²) in [5.41, 5.74) is -0.217. The van der Waals surface area contributed by atoms with Crippen molar-refractivity contribution in [1.29, 1.82) is 0 Å². The van der Waals surface area contributed by atoms with Gasteiger partial charge in [0.25, 0.3) is 10.0 Å². The summed E-state index contributed by atoms with van der Waals surface area (Å²) in [4.78, 5) is 10.00. The summed E-state index contributed by atoms with van der Waals surface area (Å²) in [6, 6.07) is 8.33. The normalized spacial score (nSPS) is 12.6. The van der Waals surface area contributed by atoms with Gasteiger partial charge in [-0.3, -0.25) is 14.4 Å². The number of hydrogen-bond acceptors (Lipinski definition) is 4. The smallest absolute Gasteiger partial charge is 0.264 e. The predicted octanol–water partition coefficient (Wildman–Crippen LogP) is 4.77. The monoisotopic (exact) mass is 434 g/mol. The van der Waals surface area contributed by atoms with Crippen LogP contribution in [-0.4, -0.2) is 25.9 Å². The number of sulfonamides is 1. The van der Waals surface area contributed by atoms with Crippen molar-refractivity contribution in [2.75, 3.05) is 10.8 Å². The zero-order valence-electron chi connectivity index (χ0n) is 14.3. The van der Waals surface area contributed by atoms with Crippen LogP contribution >= 0.6 is 23.2 Å². The Morgan fingerprint density at radius 3 is 2.33 bits per heavy atom. The highest BCUT2D eigenvalue weighted by Gasteiger charge is 2.31. The third-order valence-electron chi connectivity index (χ3n) is 3.88. The zero-order chi connectivity index (χ0) is 20.2. The molecule has 0 radical (unpaired) electrons. The number of hydrogen-bond donors (Lipinski definition) is 0. The number of rotatable bonds is 8. The summed E-state index contributed by atoms with van der Waals surface area (Å²) in [6.07, 6.45) is 0.308. The molecule has 2 aromatic rings. The third kappa shape index (κ3) is 5.31. The first kappa shape index (κ1) is 21.4. The Bertz CT molecular complexity index is 923. The molecule has 10 heteroatoms. The maximum Gasteiger partial charge on any atom is 0.264 e. The van der Waals surface area contributed by atoms with Crippen molar-refractivity contribution >= 4 is 38.9 Å². The summed E-state index contributed by atoms with van der Waals surface area (Å²) in [7, 11) is -4.15. The van der Waals surface area contributed by atoms with Gasteiger partial charge >= 0.3 is 0 Å². The van der Waals surface area contributed by atoms with E-state index in [0.717, 1.165) is 10.4 Å². The van der Waals surface area contributed by atoms with E-state index in [0.29, 0.717) is 5.02 Å². The molecule has 0 bridgehead atoms. The molecule has 0 saturated heterocycles. The topological polar surface area (TPSA) is 80.5 Å². The predicted molar refractivity (Wildman–Crippen MR) is 103 cm³/mol. The second-order valence-corrected chi connectivity index (χ2v) is 8.59. The molecule has 2 aromatic carbocycles. The van der Waals surface area contributed by atoms with Gasteiger partial charge < -0.3 is 0 Å². The van der Waals surface area contributed by atoms with Gasteiger partial charge in [0.15, 0.2) is 0 Å². The van der Waals surface area contributed by atoms with Gasteiger partial charge in [0.2, 0.25) is 6.54 Å². The molecule has 0 fully saturated rings.